The van der Waals surface area contributed by atoms with Gasteiger partial charge in [-0.3, -0.25) is 4.79 Å². The molecule has 0 aliphatic rings. The van der Waals surface area contributed by atoms with Crippen LogP contribution in [0.5, 0.6) is 0 Å². The molecule has 0 fully saturated rings. The van der Waals surface area contributed by atoms with Gasteiger partial charge in [-0.2, -0.15) is 0 Å². The van der Waals surface area contributed by atoms with Crippen LogP contribution in [0.4, 0.5) is 5.82 Å². The fourth-order valence-electron chi connectivity index (χ4n) is 2.87. The number of hydrogen-bond donors (Lipinski definition) is 2. The molecule has 7 nitrogen and oxygen atoms in total. The van der Waals surface area contributed by atoms with E-state index in [9.17, 15) is 9.59 Å². The van der Waals surface area contributed by atoms with E-state index in [1.165, 1.54) is 11.3 Å². The quantitative estimate of drug-likeness (QED) is 0.618. The lowest BCUT2D eigenvalue weighted by Gasteiger charge is -2.09. The van der Waals surface area contributed by atoms with Crippen molar-refractivity contribution < 1.29 is 14.3 Å². The third-order valence-corrected chi connectivity index (χ3v) is 5.43. The van der Waals surface area contributed by atoms with E-state index in [0.29, 0.717) is 35.2 Å². The Morgan fingerprint density at radius 2 is 1.86 bits per heavy atom. The first kappa shape index (κ1) is 19.8. The second kappa shape index (κ2) is 8.35. The minimum atomic E-state index is -0.337. The molecule has 2 heterocycles. The first-order valence-corrected chi connectivity index (χ1v) is 9.76. The Bertz CT molecular complexity index is 1030. The number of anilines is 1. The Kier molecular flexibility index (Phi) is 5.89. The number of carbonyl (C=O) groups excluding carboxylic acids is 2. The largest absolute Gasteiger partial charge is 0.462 e. The average molecular weight is 398 g/mol. The Hall–Kier alpha value is -3.00. The fourth-order valence-corrected chi connectivity index (χ4v) is 3.99. The topological polar surface area (TPSA) is 93.2 Å². The number of amides is 1. The maximum Gasteiger partial charge on any atom is 0.348 e. The van der Waals surface area contributed by atoms with E-state index in [1.54, 1.807) is 26.1 Å². The molecule has 0 saturated heterocycles. The second-order valence-electron chi connectivity index (χ2n) is 6.21. The van der Waals surface area contributed by atoms with Gasteiger partial charge in [-0.1, -0.05) is 12.1 Å². The molecular weight excluding hydrogens is 376 g/mol. The third-order valence-electron chi connectivity index (χ3n) is 4.27. The minimum Gasteiger partial charge on any atom is -0.462 e. The van der Waals surface area contributed by atoms with Gasteiger partial charge in [0, 0.05) is 19.2 Å². The highest BCUT2D eigenvalue weighted by Crippen LogP contribution is 2.34. The van der Waals surface area contributed by atoms with Crippen molar-refractivity contribution in [3.63, 3.8) is 0 Å². The molecule has 28 heavy (non-hydrogen) atoms. The molecule has 146 valence electrons. The monoisotopic (exact) mass is 398 g/mol. The summed E-state index contributed by atoms with van der Waals surface area (Å²) in [4.78, 5) is 34.2. The van der Waals surface area contributed by atoms with Crippen molar-refractivity contribution in [3.8, 4) is 0 Å². The third kappa shape index (κ3) is 3.96. The number of carbonyl (C=O) groups is 2. The van der Waals surface area contributed by atoms with E-state index < -0.39 is 0 Å². The maximum atomic E-state index is 12.2. The van der Waals surface area contributed by atoms with Crippen molar-refractivity contribution in [2.24, 2.45) is 0 Å². The first-order valence-electron chi connectivity index (χ1n) is 8.94. The molecule has 0 radical (unpaired) electrons. The molecule has 3 rings (SSSR count). The number of hydrogen-bond acceptors (Lipinski definition) is 7. The van der Waals surface area contributed by atoms with E-state index in [-0.39, 0.29) is 11.9 Å². The van der Waals surface area contributed by atoms with Gasteiger partial charge in [0.25, 0.3) is 5.91 Å². The summed E-state index contributed by atoms with van der Waals surface area (Å²) in [5, 5.41) is 6.77. The molecule has 0 aliphatic heterocycles. The van der Waals surface area contributed by atoms with E-state index in [0.717, 1.165) is 21.3 Å². The number of nitrogens with zero attached hydrogens (tertiary/aromatic N) is 2. The van der Waals surface area contributed by atoms with Gasteiger partial charge in [0.1, 0.15) is 21.3 Å². The lowest BCUT2D eigenvalue weighted by Crippen LogP contribution is -2.17. The van der Waals surface area contributed by atoms with Crippen LogP contribution < -0.4 is 10.6 Å². The van der Waals surface area contributed by atoms with Gasteiger partial charge in [0.15, 0.2) is 0 Å². The van der Waals surface area contributed by atoms with Gasteiger partial charge in [-0.15, -0.1) is 11.3 Å². The molecule has 1 amide bonds. The molecule has 0 bridgehead atoms. The van der Waals surface area contributed by atoms with E-state index in [2.05, 4.69) is 20.6 Å². The summed E-state index contributed by atoms with van der Waals surface area (Å²) in [6.45, 7) is 6.35. The summed E-state index contributed by atoms with van der Waals surface area (Å²) in [5.74, 6) is 0.855. The van der Waals surface area contributed by atoms with Gasteiger partial charge in [0.05, 0.1) is 12.0 Å². The second-order valence-corrected chi connectivity index (χ2v) is 7.20. The van der Waals surface area contributed by atoms with Crippen LogP contribution in [0.1, 0.15) is 43.9 Å². The number of thiophene rings is 1. The lowest BCUT2D eigenvalue weighted by molar-refractivity contribution is 0.0531. The zero-order valence-corrected chi connectivity index (χ0v) is 17.1. The Morgan fingerprint density at radius 3 is 2.50 bits per heavy atom. The van der Waals surface area contributed by atoms with Crippen molar-refractivity contribution in [2.75, 3.05) is 19.0 Å². The van der Waals surface area contributed by atoms with Crippen LogP contribution in [0.15, 0.2) is 24.3 Å². The van der Waals surface area contributed by atoms with Crippen LogP contribution in [0.2, 0.25) is 0 Å². The van der Waals surface area contributed by atoms with E-state index in [4.69, 9.17) is 4.74 Å². The molecule has 2 N–H and O–H groups in total. The van der Waals surface area contributed by atoms with Gasteiger partial charge in [-0.25, -0.2) is 14.8 Å². The summed E-state index contributed by atoms with van der Waals surface area (Å²) in [5.41, 5.74) is 2.44. The zero-order chi connectivity index (χ0) is 20.3. The number of aromatic nitrogens is 2. The number of aryl methyl sites for hydroxylation is 2. The lowest BCUT2D eigenvalue weighted by atomic mass is 10.1. The Labute approximate surface area is 167 Å². The minimum absolute atomic E-state index is 0.118. The van der Waals surface area contributed by atoms with Crippen molar-refractivity contribution in [3.05, 3.63) is 51.7 Å². The number of ether oxygens (including phenoxy) is 1. The molecule has 1 aromatic carbocycles. The summed E-state index contributed by atoms with van der Waals surface area (Å²) >= 11 is 1.32. The van der Waals surface area contributed by atoms with Crippen molar-refractivity contribution in [1.82, 2.24) is 15.3 Å². The number of esters is 1. The first-order chi connectivity index (χ1) is 13.4. The molecule has 0 spiro atoms. The standard InChI is InChI=1S/C20H22N4O3S/c1-5-27-20(26)16-11(2)15-17(23-12(3)24-19(15)28-16)22-10-13-6-8-14(9-7-13)18(25)21-4/h6-9H,5,10H2,1-4H3,(H,21,25)(H,22,23,24). The normalized spacial score (nSPS) is 10.7. The van der Waals surface area contributed by atoms with Crippen LogP contribution >= 0.6 is 11.3 Å². The maximum absolute atomic E-state index is 12.2. The average Bonchev–Trinajstić information content (AvgIpc) is 3.02. The summed E-state index contributed by atoms with van der Waals surface area (Å²) in [6, 6.07) is 7.36. The molecular formula is C20H22N4O3S. The smallest absolute Gasteiger partial charge is 0.348 e. The van der Waals surface area contributed by atoms with Crippen molar-refractivity contribution in [2.45, 2.75) is 27.3 Å². The predicted octanol–water partition coefficient (Wildman–Crippen LogP) is 3.46. The SMILES string of the molecule is CCOC(=O)c1sc2nc(C)nc(NCc3ccc(C(=O)NC)cc3)c2c1C. The van der Waals surface area contributed by atoms with E-state index in [1.807, 2.05) is 26.0 Å². The summed E-state index contributed by atoms with van der Waals surface area (Å²) in [7, 11) is 1.61. The van der Waals surface area contributed by atoms with Crippen LogP contribution in [-0.2, 0) is 11.3 Å². The highest BCUT2D eigenvalue weighted by molar-refractivity contribution is 7.20. The molecule has 0 saturated carbocycles. The number of benzene rings is 1. The van der Waals surface area contributed by atoms with Crippen LogP contribution in [0, 0.1) is 13.8 Å². The van der Waals surface area contributed by atoms with Crippen molar-refractivity contribution >= 4 is 39.2 Å². The van der Waals surface area contributed by atoms with E-state index >= 15 is 0 Å². The Morgan fingerprint density at radius 1 is 1.14 bits per heavy atom. The van der Waals surface area contributed by atoms with Gasteiger partial charge in [0.2, 0.25) is 0 Å². The molecule has 0 aliphatic carbocycles. The molecule has 2 aromatic heterocycles. The van der Waals surface area contributed by atoms with Crippen LogP contribution in [-0.4, -0.2) is 35.5 Å². The van der Waals surface area contributed by atoms with Gasteiger partial charge >= 0.3 is 5.97 Å². The number of rotatable bonds is 6. The van der Waals surface area contributed by atoms with Gasteiger partial charge < -0.3 is 15.4 Å². The fraction of sp³-hybridized carbons (Fsp3) is 0.300. The zero-order valence-electron chi connectivity index (χ0n) is 16.3. The predicted molar refractivity (Wildman–Crippen MR) is 110 cm³/mol. The molecule has 8 heteroatoms. The van der Waals surface area contributed by atoms with Crippen LogP contribution in [0.3, 0.4) is 0 Å². The number of nitrogens with one attached hydrogen (secondary N) is 2. The van der Waals surface area contributed by atoms with Crippen LogP contribution in [0.25, 0.3) is 10.2 Å². The highest BCUT2D eigenvalue weighted by atomic mass is 32.1. The van der Waals surface area contributed by atoms with Crippen molar-refractivity contribution in [1.29, 1.82) is 0 Å². The number of fused-ring (bicyclic) bond motifs is 1. The summed E-state index contributed by atoms with van der Waals surface area (Å²) in [6.07, 6.45) is 0. The molecule has 0 atom stereocenters. The molecule has 0 unspecified atom stereocenters. The molecule has 3 aromatic rings. The summed E-state index contributed by atoms with van der Waals surface area (Å²) < 4.78 is 5.15. The highest BCUT2D eigenvalue weighted by Gasteiger charge is 2.20. The Balaban J connectivity index is 1.88. The van der Waals surface area contributed by atoms with Gasteiger partial charge in [-0.05, 0) is 44.0 Å².